The molecule has 0 radical (unpaired) electrons. The molecule has 0 unspecified atom stereocenters. The molecule has 3 aromatic carbocycles. The molecule has 0 bridgehead atoms. The Hall–Kier alpha value is -2.97. The van der Waals surface area contributed by atoms with Crippen molar-refractivity contribution in [1.29, 1.82) is 0 Å². The van der Waals surface area contributed by atoms with Gasteiger partial charge in [-0.15, -0.1) is 0 Å². The number of ether oxygens (including phenoxy) is 3. The Morgan fingerprint density at radius 1 is 0.515 bits per heavy atom. The minimum absolute atomic E-state index is 0.143. The lowest BCUT2D eigenvalue weighted by molar-refractivity contribution is 0.357. The van der Waals surface area contributed by atoms with Crippen molar-refractivity contribution in [3.05, 3.63) is 70.8 Å². The van der Waals surface area contributed by atoms with Gasteiger partial charge in [-0.2, -0.15) is 0 Å². The molecule has 0 fully saturated rings. The summed E-state index contributed by atoms with van der Waals surface area (Å²) in [4.78, 5) is 0. The van der Waals surface area contributed by atoms with Gasteiger partial charge in [0.25, 0.3) is 0 Å². The molecule has 0 aliphatic carbocycles. The van der Waals surface area contributed by atoms with Crippen LogP contribution in [0, 0.1) is 46.5 Å². The highest BCUT2D eigenvalue weighted by Crippen LogP contribution is 2.26. The highest BCUT2D eigenvalue weighted by atomic mass is 27.2. The molecular weight excluding hydrogens is 479 g/mol. The predicted octanol–water partition coefficient (Wildman–Crippen LogP) is 3.34. The summed E-state index contributed by atoms with van der Waals surface area (Å²) in [6.07, 6.45) is 0. The van der Waals surface area contributed by atoms with Crippen LogP contribution in [0.1, 0.15) is 0 Å². The maximum atomic E-state index is 15.2. The zero-order valence-corrected chi connectivity index (χ0v) is 18.3. The summed E-state index contributed by atoms with van der Waals surface area (Å²) in [6, 6.07) is 1.79. The van der Waals surface area contributed by atoms with E-state index in [0.717, 1.165) is 27.4 Å². The van der Waals surface area contributed by atoms with Crippen molar-refractivity contribution in [3.8, 4) is 17.2 Å². The lowest BCUT2D eigenvalue weighted by Gasteiger charge is -2.21. The van der Waals surface area contributed by atoms with Crippen LogP contribution in [0.15, 0.2) is 24.3 Å². The normalized spacial score (nSPS) is 10.9. The second-order valence-electron chi connectivity index (χ2n) is 6.61. The zero-order valence-electron chi connectivity index (χ0n) is 17.1. The first-order valence-electron chi connectivity index (χ1n) is 9.03. The van der Waals surface area contributed by atoms with Crippen molar-refractivity contribution in [1.82, 2.24) is 0 Å². The predicted molar refractivity (Wildman–Crippen MR) is 103 cm³/mol. The van der Waals surface area contributed by atoms with Gasteiger partial charge in [0, 0.05) is 12.1 Å². The minimum Gasteiger partial charge on any atom is -0.494 e. The molecule has 3 aromatic rings. The smallest absolute Gasteiger partial charge is 0.412 e. The Morgan fingerprint density at radius 2 is 0.939 bits per heavy atom. The van der Waals surface area contributed by atoms with Gasteiger partial charge in [0.15, 0.2) is 46.3 Å². The second-order valence-corrected chi connectivity index (χ2v) is 9.21. The van der Waals surface area contributed by atoms with Crippen LogP contribution in [0.3, 0.4) is 0 Å². The highest BCUT2D eigenvalue weighted by Gasteiger charge is 2.43. The number of methoxy groups -OCH3 is 3. The molecule has 174 valence electrons. The van der Waals surface area contributed by atoms with Crippen molar-refractivity contribution >= 4 is 27.4 Å². The lowest BCUT2D eigenvalue weighted by Crippen LogP contribution is -2.59. The molecule has 0 amide bonds. The first-order chi connectivity index (χ1) is 15.6. The van der Waals surface area contributed by atoms with E-state index >= 15 is 13.2 Å². The van der Waals surface area contributed by atoms with Crippen molar-refractivity contribution in [3.63, 3.8) is 0 Å². The first-order valence-corrected chi connectivity index (χ1v) is 10.8. The van der Waals surface area contributed by atoms with Crippen LogP contribution in [0.4, 0.5) is 35.1 Å². The molecule has 33 heavy (non-hydrogen) atoms. The molecular formula is C21H13AlF8O3. The van der Waals surface area contributed by atoms with Crippen LogP contribution >= 0.6 is 0 Å². The maximum absolute atomic E-state index is 15.2. The number of hydrogen-bond acceptors (Lipinski definition) is 3. The largest absolute Gasteiger partial charge is 0.494 e. The van der Waals surface area contributed by atoms with Gasteiger partial charge in [-0.05, 0) is 25.4 Å². The van der Waals surface area contributed by atoms with Gasteiger partial charge in [0.2, 0.25) is 0 Å². The molecule has 0 spiro atoms. The fraction of sp³-hybridized carbons (Fsp3) is 0.143. The Labute approximate surface area is 186 Å². The van der Waals surface area contributed by atoms with Gasteiger partial charge in [-0.25, -0.2) is 35.1 Å². The Morgan fingerprint density at radius 3 is 1.33 bits per heavy atom. The van der Waals surface area contributed by atoms with Crippen LogP contribution in [-0.2, 0) is 0 Å². The summed E-state index contributed by atoms with van der Waals surface area (Å²) in [7, 11) is 2.66. The summed E-state index contributed by atoms with van der Waals surface area (Å²) >= 11 is -4.54. The summed E-state index contributed by atoms with van der Waals surface area (Å²) in [5.74, 6) is -15.8. The summed E-state index contributed by atoms with van der Waals surface area (Å²) in [5.41, 5.74) is 0. The van der Waals surface area contributed by atoms with Crippen LogP contribution in [-0.4, -0.2) is 35.5 Å². The quantitative estimate of drug-likeness (QED) is 0.391. The summed E-state index contributed by atoms with van der Waals surface area (Å²) in [6.45, 7) is 0. The average molecular weight is 492 g/mol. The van der Waals surface area contributed by atoms with Gasteiger partial charge in [-0.1, -0.05) is 0 Å². The molecule has 0 aliphatic heterocycles. The van der Waals surface area contributed by atoms with E-state index in [1.54, 1.807) is 0 Å². The van der Waals surface area contributed by atoms with Gasteiger partial charge in [-0.3, -0.25) is 0 Å². The molecule has 0 heterocycles. The lowest BCUT2D eigenvalue weighted by atomic mass is 10.3. The second kappa shape index (κ2) is 9.49. The average Bonchev–Trinajstić information content (AvgIpc) is 2.73. The summed E-state index contributed by atoms with van der Waals surface area (Å²) < 4.78 is 128. The van der Waals surface area contributed by atoms with Crippen molar-refractivity contribution in [2.24, 2.45) is 0 Å². The van der Waals surface area contributed by atoms with Gasteiger partial charge >= 0.3 is 14.1 Å². The molecule has 0 aliphatic rings. The molecule has 0 saturated heterocycles. The highest BCUT2D eigenvalue weighted by molar-refractivity contribution is 6.96. The van der Waals surface area contributed by atoms with E-state index in [-0.39, 0.29) is 12.1 Å². The van der Waals surface area contributed by atoms with E-state index in [1.807, 2.05) is 0 Å². The van der Waals surface area contributed by atoms with E-state index in [9.17, 15) is 22.0 Å². The molecule has 0 saturated carbocycles. The molecule has 0 N–H and O–H groups in total. The standard InChI is InChI=1S/2C7H4F3O.C7H5F2O.Al/c2*1-11-7-5(9)2-4(8)3-6(7)10;1-10-7-3-2-5(8)4-6(7)9;/h2*2H,1H3;2-3H,1H3;. The van der Waals surface area contributed by atoms with Crippen LogP contribution < -0.4 is 27.5 Å². The van der Waals surface area contributed by atoms with Crippen LogP contribution in [0.25, 0.3) is 0 Å². The topological polar surface area (TPSA) is 27.7 Å². The Kier molecular flexibility index (Phi) is 7.09. The maximum Gasteiger partial charge on any atom is 0.412 e. The third kappa shape index (κ3) is 4.09. The Balaban J connectivity index is 2.56. The van der Waals surface area contributed by atoms with Crippen molar-refractivity contribution in [2.75, 3.05) is 21.3 Å². The van der Waals surface area contributed by atoms with Crippen molar-refractivity contribution in [2.45, 2.75) is 0 Å². The minimum atomic E-state index is -4.54. The van der Waals surface area contributed by atoms with Crippen LogP contribution in [0.5, 0.6) is 17.2 Å². The molecule has 12 heteroatoms. The van der Waals surface area contributed by atoms with E-state index in [2.05, 4.69) is 9.47 Å². The monoisotopic (exact) mass is 492 g/mol. The third-order valence-electron chi connectivity index (χ3n) is 4.91. The fourth-order valence-corrected chi connectivity index (χ4v) is 6.60. The van der Waals surface area contributed by atoms with Crippen molar-refractivity contribution < 1.29 is 49.3 Å². The van der Waals surface area contributed by atoms with Gasteiger partial charge < -0.3 is 14.2 Å². The van der Waals surface area contributed by atoms with E-state index < -0.39 is 91.2 Å². The van der Waals surface area contributed by atoms with Crippen LogP contribution in [0.2, 0.25) is 0 Å². The first kappa shape index (κ1) is 24.7. The fourth-order valence-electron chi connectivity index (χ4n) is 3.48. The van der Waals surface area contributed by atoms with Gasteiger partial charge in [0.1, 0.15) is 17.5 Å². The number of hydrogen-bond donors (Lipinski definition) is 0. The molecule has 3 nitrogen and oxygen atoms in total. The Bertz CT molecular complexity index is 1170. The SMILES string of the molecule is COc1ccc(F)[c]([Al]([c]2c(F)cc(F)c(OC)c2F)[c]2c(F)cc(F)c(OC)c2F)c1F. The number of benzene rings is 3. The molecule has 0 aromatic heterocycles. The molecule has 3 rings (SSSR count). The third-order valence-corrected chi connectivity index (χ3v) is 8.23. The van der Waals surface area contributed by atoms with E-state index in [4.69, 9.17) is 4.74 Å². The zero-order chi connectivity index (χ0) is 24.6. The van der Waals surface area contributed by atoms with Gasteiger partial charge in [0.05, 0.1) is 21.3 Å². The number of halogens is 8. The van der Waals surface area contributed by atoms with E-state index in [1.165, 1.54) is 0 Å². The summed E-state index contributed by atoms with van der Waals surface area (Å²) in [5, 5.41) is 0. The number of rotatable bonds is 6. The van der Waals surface area contributed by atoms with E-state index in [0.29, 0.717) is 6.07 Å². The molecule has 0 atom stereocenters.